The second-order valence-electron chi connectivity index (χ2n) is 6.15. The first kappa shape index (κ1) is 18.9. The molecule has 0 unspecified atom stereocenters. The Hall–Kier alpha value is -2.40. The van der Waals surface area contributed by atoms with Gasteiger partial charge in [-0.3, -0.25) is 15.0 Å². The molecule has 5 heteroatoms. The molecule has 0 spiro atoms. The Morgan fingerprint density at radius 1 is 1.00 bits per heavy atom. The molecule has 0 aliphatic rings. The minimum absolute atomic E-state index is 0.128. The van der Waals surface area contributed by atoms with Crippen LogP contribution in [0.2, 0.25) is 0 Å². The number of hydrogen-bond acceptors (Lipinski definition) is 4. The maximum absolute atomic E-state index is 10.6. The van der Waals surface area contributed by atoms with Gasteiger partial charge >= 0.3 is 0 Å². The fourth-order valence-corrected chi connectivity index (χ4v) is 2.76. The first-order chi connectivity index (χ1) is 12.2. The van der Waals surface area contributed by atoms with E-state index in [9.17, 15) is 10.1 Å². The molecular weight excluding hydrogens is 314 g/mol. The molecule has 0 fully saturated rings. The van der Waals surface area contributed by atoms with Gasteiger partial charge in [-0.15, -0.1) is 0 Å². The predicted molar refractivity (Wildman–Crippen MR) is 103 cm³/mol. The molecule has 25 heavy (non-hydrogen) atoms. The van der Waals surface area contributed by atoms with Crippen LogP contribution in [0.4, 0.5) is 11.4 Å². The fourth-order valence-electron chi connectivity index (χ4n) is 2.76. The van der Waals surface area contributed by atoms with Gasteiger partial charge in [-0.2, -0.15) is 0 Å². The van der Waals surface area contributed by atoms with Gasteiger partial charge in [-0.25, -0.2) is 0 Å². The van der Waals surface area contributed by atoms with Crippen LogP contribution >= 0.6 is 0 Å². The van der Waals surface area contributed by atoms with Gasteiger partial charge in [-0.05, 0) is 43.6 Å². The lowest BCUT2D eigenvalue weighted by molar-refractivity contribution is -0.384. The van der Waals surface area contributed by atoms with E-state index in [1.165, 1.54) is 30.5 Å². The Morgan fingerprint density at radius 2 is 1.72 bits per heavy atom. The Morgan fingerprint density at radius 3 is 2.36 bits per heavy atom. The van der Waals surface area contributed by atoms with Crippen molar-refractivity contribution in [1.82, 2.24) is 4.90 Å². The molecular formula is C20H27N3O2. The quantitative estimate of drug-likeness (QED) is 0.366. The summed E-state index contributed by atoms with van der Waals surface area (Å²) in [5, 5.41) is 13.9. The van der Waals surface area contributed by atoms with Gasteiger partial charge in [-0.1, -0.05) is 43.7 Å². The summed E-state index contributed by atoms with van der Waals surface area (Å²) in [6, 6.07) is 17.2. The van der Waals surface area contributed by atoms with E-state index in [2.05, 4.69) is 47.5 Å². The number of benzene rings is 2. The number of non-ortho nitro benzene ring substituents is 1. The molecule has 0 bridgehead atoms. The van der Waals surface area contributed by atoms with Crippen LogP contribution in [-0.2, 0) is 6.54 Å². The van der Waals surface area contributed by atoms with Crippen LogP contribution in [0, 0.1) is 10.1 Å². The van der Waals surface area contributed by atoms with Crippen molar-refractivity contribution >= 4 is 11.4 Å². The van der Waals surface area contributed by atoms with Gasteiger partial charge in [0, 0.05) is 30.9 Å². The molecule has 1 N–H and O–H groups in total. The van der Waals surface area contributed by atoms with Crippen molar-refractivity contribution in [3.8, 4) is 0 Å². The minimum atomic E-state index is -0.376. The average molecular weight is 341 g/mol. The van der Waals surface area contributed by atoms with Gasteiger partial charge in [0.05, 0.1) is 4.92 Å². The summed E-state index contributed by atoms with van der Waals surface area (Å²) in [5.41, 5.74) is 2.43. The maximum Gasteiger partial charge on any atom is 0.269 e. The average Bonchev–Trinajstić information content (AvgIpc) is 2.64. The molecule has 0 saturated heterocycles. The van der Waals surface area contributed by atoms with E-state index in [-0.39, 0.29) is 10.6 Å². The van der Waals surface area contributed by atoms with Crippen LogP contribution in [-0.4, -0.2) is 29.5 Å². The molecule has 5 nitrogen and oxygen atoms in total. The molecule has 0 aromatic heterocycles. The number of hydrogen-bond donors (Lipinski definition) is 1. The molecule has 0 aliphatic heterocycles. The molecule has 2 aromatic carbocycles. The molecule has 0 atom stereocenters. The number of unbranched alkanes of at least 4 members (excludes halogenated alkanes) is 2. The van der Waals surface area contributed by atoms with Gasteiger partial charge in [0.2, 0.25) is 0 Å². The van der Waals surface area contributed by atoms with Crippen molar-refractivity contribution < 1.29 is 4.92 Å². The lowest BCUT2D eigenvalue weighted by atomic mass is 10.2. The number of rotatable bonds is 11. The molecule has 134 valence electrons. The molecule has 0 radical (unpaired) electrons. The van der Waals surface area contributed by atoms with Crippen molar-refractivity contribution in [3.05, 3.63) is 70.3 Å². The lowest BCUT2D eigenvalue weighted by Crippen LogP contribution is -2.24. The zero-order valence-electron chi connectivity index (χ0n) is 14.9. The van der Waals surface area contributed by atoms with Crippen molar-refractivity contribution in [2.24, 2.45) is 0 Å². The summed E-state index contributed by atoms with van der Waals surface area (Å²) in [6.07, 6.45) is 3.45. The second kappa shape index (κ2) is 10.5. The molecule has 0 saturated carbocycles. The maximum atomic E-state index is 10.6. The van der Waals surface area contributed by atoms with Gasteiger partial charge in [0.25, 0.3) is 5.69 Å². The van der Waals surface area contributed by atoms with E-state index in [0.29, 0.717) is 0 Å². The van der Waals surface area contributed by atoms with E-state index in [0.717, 1.165) is 38.3 Å². The third-order valence-corrected chi connectivity index (χ3v) is 4.25. The summed E-state index contributed by atoms with van der Waals surface area (Å²) in [6.45, 7) is 6.29. The smallest absolute Gasteiger partial charge is 0.269 e. The number of nitrogens with zero attached hydrogens (tertiary/aromatic N) is 2. The van der Waals surface area contributed by atoms with Gasteiger partial charge in [0.15, 0.2) is 0 Å². The first-order valence-electron chi connectivity index (χ1n) is 8.93. The van der Waals surface area contributed by atoms with Crippen molar-refractivity contribution in [2.45, 2.75) is 32.7 Å². The third-order valence-electron chi connectivity index (χ3n) is 4.25. The monoisotopic (exact) mass is 341 g/mol. The van der Waals surface area contributed by atoms with E-state index in [1.54, 1.807) is 12.1 Å². The number of nitro benzene ring substituents is 1. The summed E-state index contributed by atoms with van der Waals surface area (Å²) >= 11 is 0. The molecule has 2 aromatic rings. The van der Waals surface area contributed by atoms with Crippen LogP contribution < -0.4 is 5.32 Å². The zero-order chi connectivity index (χ0) is 17.9. The highest BCUT2D eigenvalue weighted by atomic mass is 16.6. The Labute approximate surface area is 149 Å². The summed E-state index contributed by atoms with van der Waals surface area (Å²) in [7, 11) is 0. The van der Waals surface area contributed by atoms with Crippen molar-refractivity contribution in [3.63, 3.8) is 0 Å². The van der Waals surface area contributed by atoms with E-state index < -0.39 is 0 Å². The second-order valence-corrected chi connectivity index (χ2v) is 6.15. The molecule has 2 rings (SSSR count). The minimum Gasteiger partial charge on any atom is -0.385 e. The normalized spacial score (nSPS) is 10.8. The van der Waals surface area contributed by atoms with Gasteiger partial charge in [0.1, 0.15) is 0 Å². The van der Waals surface area contributed by atoms with E-state index >= 15 is 0 Å². The summed E-state index contributed by atoms with van der Waals surface area (Å²) < 4.78 is 0. The highest BCUT2D eigenvalue weighted by Gasteiger charge is 2.04. The number of nitro groups is 1. The van der Waals surface area contributed by atoms with Crippen molar-refractivity contribution in [2.75, 3.05) is 25.0 Å². The van der Waals surface area contributed by atoms with Crippen molar-refractivity contribution in [1.29, 1.82) is 0 Å². The Balaban J connectivity index is 1.60. The predicted octanol–water partition coefficient (Wildman–Crippen LogP) is 4.70. The van der Waals surface area contributed by atoms with Crippen LogP contribution in [0.3, 0.4) is 0 Å². The summed E-state index contributed by atoms with van der Waals surface area (Å²) in [5.74, 6) is 0. The SMILES string of the molecule is CCN(CCCCCNc1ccc([N+](=O)[O-])cc1)Cc1ccccc1. The highest BCUT2D eigenvalue weighted by Crippen LogP contribution is 2.15. The first-order valence-corrected chi connectivity index (χ1v) is 8.93. The van der Waals surface area contributed by atoms with Crippen LogP contribution in [0.25, 0.3) is 0 Å². The fraction of sp³-hybridized carbons (Fsp3) is 0.400. The van der Waals surface area contributed by atoms with E-state index in [4.69, 9.17) is 0 Å². The van der Waals surface area contributed by atoms with Crippen LogP contribution in [0.15, 0.2) is 54.6 Å². The molecule has 0 aliphatic carbocycles. The molecule has 0 amide bonds. The Kier molecular flexibility index (Phi) is 7.92. The van der Waals surface area contributed by atoms with Crippen LogP contribution in [0.5, 0.6) is 0 Å². The number of nitrogens with one attached hydrogen (secondary N) is 1. The topological polar surface area (TPSA) is 58.4 Å². The van der Waals surface area contributed by atoms with Gasteiger partial charge < -0.3 is 5.32 Å². The largest absolute Gasteiger partial charge is 0.385 e. The number of anilines is 1. The zero-order valence-corrected chi connectivity index (χ0v) is 14.9. The van der Waals surface area contributed by atoms with E-state index in [1.807, 2.05) is 0 Å². The van der Waals surface area contributed by atoms with Crippen LogP contribution in [0.1, 0.15) is 31.7 Å². The Bertz CT molecular complexity index is 629. The third kappa shape index (κ3) is 6.93. The highest BCUT2D eigenvalue weighted by molar-refractivity contribution is 5.48. The lowest BCUT2D eigenvalue weighted by Gasteiger charge is -2.20. The summed E-state index contributed by atoms with van der Waals surface area (Å²) in [4.78, 5) is 12.7. The standard InChI is InChI=1S/C20H27N3O2/c1-2-22(17-18-9-5-3-6-10-18)16-8-4-7-15-21-19-11-13-20(14-12-19)23(24)25/h3,5-6,9-14,21H,2,4,7-8,15-17H2,1H3. The molecule has 0 heterocycles.